The van der Waals surface area contributed by atoms with Gasteiger partial charge in [0.2, 0.25) is 17.7 Å². The normalized spacial score (nSPS) is 29.0. The molecule has 3 aliphatic rings. The van der Waals surface area contributed by atoms with Crippen LogP contribution in [0.4, 0.5) is 0 Å². The lowest BCUT2D eigenvalue weighted by atomic mass is 9.82. The molecule has 1 aliphatic carbocycles. The number of aliphatic hydroxyl groups is 1. The molecule has 0 aromatic carbocycles. The van der Waals surface area contributed by atoms with Gasteiger partial charge in [0.1, 0.15) is 12.1 Å². The lowest BCUT2D eigenvalue weighted by Gasteiger charge is -2.36. The number of nitrogens with one attached hydrogen (secondary N) is 2. The molecular weight excluding hydrogens is 424 g/mol. The standard InChI is InChI=1S/C23H36N6O4/c1-22(2,3)19(29-11-16(26-27-29)14-5-6-14)21(33)28-10-15(30)9-17(28)20(32)25-13-23(4)8-7-18(31)24-12-23/h11,14-15,17,19,30H,5-10,12-13H2,1-4H3,(H,24,31)(H,25,32)/t15-,17+,19-,23?/m1/s1. The van der Waals surface area contributed by atoms with Gasteiger partial charge in [-0.1, -0.05) is 32.9 Å². The van der Waals surface area contributed by atoms with Crippen molar-refractivity contribution in [3.63, 3.8) is 0 Å². The van der Waals surface area contributed by atoms with E-state index >= 15 is 0 Å². The summed E-state index contributed by atoms with van der Waals surface area (Å²) in [5.41, 5.74) is 0.206. The summed E-state index contributed by atoms with van der Waals surface area (Å²) < 4.78 is 1.63. The van der Waals surface area contributed by atoms with Gasteiger partial charge < -0.3 is 20.6 Å². The van der Waals surface area contributed by atoms with Crippen LogP contribution in [0.25, 0.3) is 0 Å². The van der Waals surface area contributed by atoms with Crippen molar-refractivity contribution in [1.82, 2.24) is 30.5 Å². The highest BCUT2D eigenvalue weighted by atomic mass is 16.3. The average Bonchev–Trinajstić information content (AvgIpc) is 3.35. The summed E-state index contributed by atoms with van der Waals surface area (Å²) in [4.78, 5) is 39.9. The third kappa shape index (κ3) is 5.20. The van der Waals surface area contributed by atoms with E-state index in [-0.39, 0.29) is 36.1 Å². The maximum atomic E-state index is 13.8. The Balaban J connectivity index is 1.48. The van der Waals surface area contributed by atoms with Crippen molar-refractivity contribution in [2.75, 3.05) is 19.6 Å². The number of rotatable bonds is 6. The van der Waals surface area contributed by atoms with Gasteiger partial charge in [0.25, 0.3) is 0 Å². The number of amides is 3. The Morgan fingerprint density at radius 1 is 1.36 bits per heavy atom. The monoisotopic (exact) mass is 460 g/mol. The molecule has 4 atom stereocenters. The first-order valence-corrected chi connectivity index (χ1v) is 11.9. The second-order valence-electron chi connectivity index (χ2n) is 11.4. The average molecular weight is 461 g/mol. The Morgan fingerprint density at radius 2 is 2.09 bits per heavy atom. The number of β-amino-alcohol motifs (C(OH)–C–C–N with tert-alkyl or cyclic N) is 1. The van der Waals surface area contributed by atoms with Gasteiger partial charge in [-0.2, -0.15) is 0 Å². The van der Waals surface area contributed by atoms with Crippen molar-refractivity contribution in [3.05, 3.63) is 11.9 Å². The lowest BCUT2D eigenvalue weighted by molar-refractivity contribution is -0.144. The molecule has 0 radical (unpaired) electrons. The van der Waals surface area contributed by atoms with Crippen LogP contribution in [0.1, 0.15) is 77.5 Å². The van der Waals surface area contributed by atoms with Crippen LogP contribution in [-0.4, -0.2) is 74.5 Å². The lowest BCUT2D eigenvalue weighted by Crippen LogP contribution is -2.53. The molecule has 3 N–H and O–H groups in total. The van der Waals surface area contributed by atoms with Crippen LogP contribution in [0, 0.1) is 10.8 Å². The van der Waals surface area contributed by atoms with E-state index in [1.165, 1.54) is 4.90 Å². The van der Waals surface area contributed by atoms with E-state index in [0.717, 1.165) is 18.5 Å². The molecule has 33 heavy (non-hydrogen) atoms. The van der Waals surface area contributed by atoms with Crippen molar-refractivity contribution >= 4 is 17.7 Å². The van der Waals surface area contributed by atoms with E-state index in [4.69, 9.17) is 0 Å². The van der Waals surface area contributed by atoms with Crippen molar-refractivity contribution in [2.45, 2.75) is 83.9 Å². The minimum atomic E-state index is -0.757. The van der Waals surface area contributed by atoms with Crippen molar-refractivity contribution in [1.29, 1.82) is 0 Å². The fraction of sp³-hybridized carbons (Fsp3) is 0.783. The van der Waals surface area contributed by atoms with Crippen LogP contribution in [0.2, 0.25) is 0 Å². The Kier molecular flexibility index (Phi) is 6.24. The highest BCUT2D eigenvalue weighted by Crippen LogP contribution is 2.40. The fourth-order valence-corrected chi connectivity index (χ4v) is 4.80. The number of carbonyl (C=O) groups excluding carboxylic acids is 3. The predicted molar refractivity (Wildman–Crippen MR) is 120 cm³/mol. The second kappa shape index (κ2) is 8.70. The summed E-state index contributed by atoms with van der Waals surface area (Å²) in [7, 11) is 0. The molecule has 1 unspecified atom stereocenters. The van der Waals surface area contributed by atoms with E-state index in [1.807, 2.05) is 33.9 Å². The van der Waals surface area contributed by atoms with Crippen LogP contribution >= 0.6 is 0 Å². The van der Waals surface area contributed by atoms with Gasteiger partial charge in [-0.05, 0) is 24.7 Å². The SMILES string of the molecule is CC1(CNC(=O)[C@@H]2C[C@@H](O)CN2C(=O)[C@@H](n2cc(C3CC3)nn2)C(C)(C)C)CCC(=O)NC1. The van der Waals surface area contributed by atoms with E-state index in [2.05, 4.69) is 20.9 Å². The van der Waals surface area contributed by atoms with E-state index < -0.39 is 23.6 Å². The zero-order valence-corrected chi connectivity index (χ0v) is 20.0. The van der Waals surface area contributed by atoms with E-state index in [9.17, 15) is 19.5 Å². The van der Waals surface area contributed by atoms with Crippen LogP contribution in [-0.2, 0) is 14.4 Å². The van der Waals surface area contributed by atoms with E-state index in [0.29, 0.717) is 31.8 Å². The molecule has 182 valence electrons. The van der Waals surface area contributed by atoms with E-state index in [1.54, 1.807) is 4.68 Å². The predicted octanol–water partition coefficient (Wildman–Crippen LogP) is 0.737. The highest BCUT2D eigenvalue weighted by Gasteiger charge is 2.45. The molecule has 10 heteroatoms. The minimum absolute atomic E-state index is 0.0284. The van der Waals surface area contributed by atoms with Gasteiger partial charge in [0.05, 0.1) is 11.8 Å². The molecule has 3 amide bonds. The highest BCUT2D eigenvalue weighted by molar-refractivity contribution is 5.90. The number of piperidine rings is 1. The number of carbonyl (C=O) groups is 3. The summed E-state index contributed by atoms with van der Waals surface area (Å²) >= 11 is 0. The smallest absolute Gasteiger partial charge is 0.248 e. The number of hydrogen-bond acceptors (Lipinski definition) is 6. The third-order valence-corrected chi connectivity index (χ3v) is 7.06. The zero-order chi connectivity index (χ0) is 24.0. The summed E-state index contributed by atoms with van der Waals surface area (Å²) in [5.74, 6) is -0.0567. The van der Waals surface area contributed by atoms with Gasteiger partial charge in [-0.15, -0.1) is 5.10 Å². The Bertz CT molecular complexity index is 908. The van der Waals surface area contributed by atoms with Crippen LogP contribution in [0.15, 0.2) is 6.20 Å². The first kappa shape index (κ1) is 23.7. The summed E-state index contributed by atoms with van der Waals surface area (Å²) in [5, 5.41) is 24.7. The second-order valence-corrected chi connectivity index (χ2v) is 11.4. The Hall–Kier alpha value is -2.49. The largest absolute Gasteiger partial charge is 0.391 e. The van der Waals surface area contributed by atoms with Gasteiger partial charge in [0.15, 0.2) is 0 Å². The van der Waals surface area contributed by atoms with Crippen LogP contribution < -0.4 is 10.6 Å². The summed E-state index contributed by atoms with van der Waals surface area (Å²) in [6.07, 6.45) is 4.61. The maximum absolute atomic E-state index is 13.8. The van der Waals surface area contributed by atoms with Crippen LogP contribution in [0.5, 0.6) is 0 Å². The van der Waals surface area contributed by atoms with Gasteiger partial charge in [-0.3, -0.25) is 14.4 Å². The molecule has 0 spiro atoms. The molecule has 10 nitrogen and oxygen atoms in total. The number of aliphatic hydroxyl groups excluding tert-OH is 1. The quantitative estimate of drug-likeness (QED) is 0.574. The molecular formula is C23H36N6O4. The van der Waals surface area contributed by atoms with Gasteiger partial charge >= 0.3 is 0 Å². The molecule has 3 heterocycles. The molecule has 1 aromatic rings. The van der Waals surface area contributed by atoms with Gasteiger partial charge in [0, 0.05) is 50.0 Å². The number of likely N-dealkylation sites (tertiary alicyclic amines) is 1. The van der Waals surface area contributed by atoms with Crippen molar-refractivity contribution in [2.24, 2.45) is 10.8 Å². The fourth-order valence-electron chi connectivity index (χ4n) is 4.80. The van der Waals surface area contributed by atoms with Crippen LogP contribution in [0.3, 0.4) is 0 Å². The molecule has 3 fully saturated rings. The third-order valence-electron chi connectivity index (χ3n) is 7.06. The molecule has 2 saturated heterocycles. The molecule has 0 bridgehead atoms. The van der Waals surface area contributed by atoms with Gasteiger partial charge in [-0.25, -0.2) is 4.68 Å². The summed E-state index contributed by atoms with van der Waals surface area (Å²) in [6.45, 7) is 8.94. The molecule has 1 aromatic heterocycles. The summed E-state index contributed by atoms with van der Waals surface area (Å²) in [6, 6.07) is -1.38. The first-order chi connectivity index (χ1) is 15.5. The topological polar surface area (TPSA) is 129 Å². The molecule has 4 rings (SSSR count). The zero-order valence-electron chi connectivity index (χ0n) is 20.0. The van der Waals surface area contributed by atoms with Crippen molar-refractivity contribution in [3.8, 4) is 0 Å². The maximum Gasteiger partial charge on any atom is 0.248 e. The molecule has 1 saturated carbocycles. The Morgan fingerprint density at radius 3 is 2.70 bits per heavy atom. The Labute approximate surface area is 194 Å². The number of aromatic nitrogens is 3. The number of nitrogens with zero attached hydrogens (tertiary/aromatic N) is 4. The number of hydrogen-bond donors (Lipinski definition) is 3. The first-order valence-electron chi connectivity index (χ1n) is 11.9. The minimum Gasteiger partial charge on any atom is -0.391 e. The molecule has 2 aliphatic heterocycles. The van der Waals surface area contributed by atoms with Crippen molar-refractivity contribution < 1.29 is 19.5 Å².